The summed E-state index contributed by atoms with van der Waals surface area (Å²) in [5.74, 6) is -0.331. The molecule has 8 heteroatoms. The van der Waals surface area contributed by atoms with Crippen LogP contribution < -0.4 is 11.1 Å². The Bertz CT molecular complexity index is 1320. The molecule has 2 aromatic heterocycles. The molecule has 0 aliphatic heterocycles. The third kappa shape index (κ3) is 3.51. The van der Waals surface area contributed by atoms with E-state index in [2.05, 4.69) is 19.9 Å². The lowest BCUT2D eigenvalue weighted by Gasteiger charge is -2.12. The van der Waals surface area contributed by atoms with Gasteiger partial charge in [0, 0.05) is 22.1 Å². The Morgan fingerprint density at radius 1 is 1.16 bits per heavy atom. The fourth-order valence-corrected chi connectivity index (χ4v) is 4.43. The van der Waals surface area contributed by atoms with Crippen LogP contribution in [0.5, 0.6) is 0 Å². The molecule has 2 heterocycles. The molecule has 156 valence electrons. The van der Waals surface area contributed by atoms with Gasteiger partial charge in [-0.05, 0) is 72.9 Å². The molecule has 1 amide bonds. The van der Waals surface area contributed by atoms with Gasteiger partial charge in [-0.15, -0.1) is 0 Å². The quantitative estimate of drug-likeness (QED) is 0.495. The smallest absolute Gasteiger partial charge is 0.228 e. The van der Waals surface area contributed by atoms with E-state index in [0.717, 1.165) is 36.0 Å². The lowest BCUT2D eigenvalue weighted by atomic mass is 10.1. The zero-order valence-corrected chi connectivity index (χ0v) is 17.3. The van der Waals surface area contributed by atoms with Crippen LogP contribution in [-0.4, -0.2) is 20.4 Å². The highest BCUT2D eigenvalue weighted by Gasteiger charge is 2.25. The second-order valence-electron chi connectivity index (χ2n) is 7.58. The highest BCUT2D eigenvalue weighted by atomic mass is 35.5. The number of hydrogen-bond donors (Lipinski definition) is 2. The largest absolute Gasteiger partial charge is 0.382 e. The third-order valence-corrected chi connectivity index (χ3v) is 5.82. The number of carbonyl (C=O) groups is 1. The first-order chi connectivity index (χ1) is 15.0. The Morgan fingerprint density at radius 2 is 1.97 bits per heavy atom. The van der Waals surface area contributed by atoms with E-state index >= 15 is 0 Å². The van der Waals surface area contributed by atoms with Gasteiger partial charge >= 0.3 is 0 Å². The minimum atomic E-state index is -0.456. The Morgan fingerprint density at radius 3 is 2.77 bits per heavy atom. The van der Waals surface area contributed by atoms with Crippen molar-refractivity contribution in [1.82, 2.24) is 14.5 Å². The second kappa shape index (κ2) is 7.67. The Labute approximate surface area is 182 Å². The van der Waals surface area contributed by atoms with Gasteiger partial charge in [-0.2, -0.15) is 0 Å². The minimum Gasteiger partial charge on any atom is -0.382 e. The third-order valence-electron chi connectivity index (χ3n) is 5.59. The van der Waals surface area contributed by atoms with Crippen molar-refractivity contribution in [3.05, 3.63) is 76.5 Å². The van der Waals surface area contributed by atoms with Crippen LogP contribution >= 0.6 is 11.6 Å². The standard InChI is InChI=1S/C23H19ClFN5O/c24-14-4-9-18(25)13(10-14)11-20(31)29-15-5-7-16(8-6-15)30-19-3-1-2-17(19)21-22(30)23(26)28-12-27-21/h4-10,12H,1-3,11H2,(H,29,31)(H2,26,27,28). The highest BCUT2D eigenvalue weighted by molar-refractivity contribution is 6.30. The van der Waals surface area contributed by atoms with E-state index in [1.807, 2.05) is 24.3 Å². The summed E-state index contributed by atoms with van der Waals surface area (Å²) in [5, 5.41) is 3.20. The summed E-state index contributed by atoms with van der Waals surface area (Å²) in [6.07, 6.45) is 4.41. The maximum atomic E-state index is 13.9. The lowest BCUT2D eigenvalue weighted by molar-refractivity contribution is -0.115. The van der Waals surface area contributed by atoms with E-state index in [9.17, 15) is 9.18 Å². The summed E-state index contributed by atoms with van der Waals surface area (Å²) in [4.78, 5) is 21.0. The number of aryl methyl sites for hydroxylation is 1. The van der Waals surface area contributed by atoms with Crippen molar-refractivity contribution in [2.24, 2.45) is 0 Å². The molecule has 1 aliphatic rings. The number of nitrogen functional groups attached to an aromatic ring is 1. The molecule has 0 atom stereocenters. The van der Waals surface area contributed by atoms with Gasteiger partial charge in [0.25, 0.3) is 0 Å². The van der Waals surface area contributed by atoms with Gasteiger partial charge in [0.05, 0.1) is 11.9 Å². The fourth-order valence-electron chi connectivity index (χ4n) is 4.23. The summed E-state index contributed by atoms with van der Waals surface area (Å²) in [7, 11) is 0. The number of carbonyl (C=O) groups excluding carboxylic acids is 1. The molecule has 4 aromatic rings. The van der Waals surface area contributed by atoms with E-state index in [-0.39, 0.29) is 17.9 Å². The normalized spacial score (nSPS) is 12.8. The van der Waals surface area contributed by atoms with Gasteiger partial charge in [-0.3, -0.25) is 4.79 Å². The van der Waals surface area contributed by atoms with Gasteiger partial charge < -0.3 is 15.6 Å². The molecule has 0 spiro atoms. The average molecular weight is 436 g/mol. The van der Waals surface area contributed by atoms with Crippen LogP contribution in [-0.2, 0) is 24.1 Å². The van der Waals surface area contributed by atoms with Crippen LogP contribution in [0, 0.1) is 5.82 Å². The van der Waals surface area contributed by atoms with Crippen molar-refractivity contribution >= 4 is 40.0 Å². The van der Waals surface area contributed by atoms with Crippen molar-refractivity contribution in [1.29, 1.82) is 0 Å². The summed E-state index contributed by atoms with van der Waals surface area (Å²) in [6, 6.07) is 11.6. The zero-order valence-electron chi connectivity index (χ0n) is 16.5. The van der Waals surface area contributed by atoms with Gasteiger partial charge in [0.1, 0.15) is 17.7 Å². The molecule has 6 nitrogen and oxygen atoms in total. The molecule has 5 rings (SSSR count). The van der Waals surface area contributed by atoms with Crippen LogP contribution in [0.4, 0.5) is 15.9 Å². The molecule has 0 saturated heterocycles. The van der Waals surface area contributed by atoms with E-state index in [1.54, 1.807) is 0 Å². The van der Waals surface area contributed by atoms with Crippen LogP contribution in [0.15, 0.2) is 48.8 Å². The van der Waals surface area contributed by atoms with E-state index in [1.165, 1.54) is 35.8 Å². The van der Waals surface area contributed by atoms with Gasteiger partial charge in [-0.1, -0.05) is 11.6 Å². The Balaban J connectivity index is 1.41. The van der Waals surface area contributed by atoms with Crippen LogP contribution in [0.1, 0.15) is 23.2 Å². The summed E-state index contributed by atoms with van der Waals surface area (Å²) >= 11 is 5.90. The number of aromatic nitrogens is 3. The number of halogens is 2. The fraction of sp³-hybridized carbons (Fsp3) is 0.174. The molecular formula is C23H19ClFN5O. The lowest BCUT2D eigenvalue weighted by Crippen LogP contribution is -2.15. The predicted molar refractivity (Wildman–Crippen MR) is 119 cm³/mol. The zero-order chi connectivity index (χ0) is 21.5. The van der Waals surface area contributed by atoms with Crippen molar-refractivity contribution in [3.8, 4) is 5.69 Å². The number of benzene rings is 2. The molecule has 0 radical (unpaired) electrons. The number of amides is 1. The SMILES string of the molecule is Nc1ncnc2c3c(n(-c4ccc(NC(=O)Cc5cc(Cl)ccc5F)cc4)c12)CCC3. The molecule has 31 heavy (non-hydrogen) atoms. The Kier molecular flexibility index (Phi) is 4.82. The minimum absolute atomic E-state index is 0.0994. The topological polar surface area (TPSA) is 85.8 Å². The maximum absolute atomic E-state index is 13.9. The molecule has 3 N–H and O–H groups in total. The number of nitrogens with two attached hydrogens (primary N) is 1. The summed E-state index contributed by atoms with van der Waals surface area (Å²) < 4.78 is 16.0. The van der Waals surface area contributed by atoms with Crippen LogP contribution in [0.25, 0.3) is 16.7 Å². The van der Waals surface area contributed by atoms with E-state index in [0.29, 0.717) is 16.5 Å². The monoisotopic (exact) mass is 435 g/mol. The molecule has 2 aromatic carbocycles. The summed E-state index contributed by atoms with van der Waals surface area (Å²) in [6.45, 7) is 0. The second-order valence-corrected chi connectivity index (χ2v) is 8.01. The van der Waals surface area contributed by atoms with Crippen molar-refractivity contribution < 1.29 is 9.18 Å². The maximum Gasteiger partial charge on any atom is 0.228 e. The number of rotatable bonds is 4. The van der Waals surface area contributed by atoms with Crippen molar-refractivity contribution in [2.75, 3.05) is 11.1 Å². The number of fused-ring (bicyclic) bond motifs is 3. The first kappa shape index (κ1) is 19.5. The van der Waals surface area contributed by atoms with Crippen LogP contribution in [0.2, 0.25) is 5.02 Å². The number of nitrogens with one attached hydrogen (secondary N) is 1. The molecule has 1 aliphatic carbocycles. The number of anilines is 2. The van der Waals surface area contributed by atoms with Gasteiger partial charge in [0.2, 0.25) is 5.91 Å². The number of hydrogen-bond acceptors (Lipinski definition) is 4. The van der Waals surface area contributed by atoms with Crippen LogP contribution in [0.3, 0.4) is 0 Å². The predicted octanol–water partition coefficient (Wildman–Crippen LogP) is 4.47. The molecule has 0 fully saturated rings. The number of nitrogens with zero attached hydrogens (tertiary/aromatic N) is 3. The molecular weight excluding hydrogens is 417 g/mol. The first-order valence-electron chi connectivity index (χ1n) is 9.98. The van der Waals surface area contributed by atoms with Crippen molar-refractivity contribution in [2.45, 2.75) is 25.7 Å². The summed E-state index contributed by atoms with van der Waals surface area (Å²) in [5.41, 5.74) is 12.1. The highest BCUT2D eigenvalue weighted by Crippen LogP contribution is 2.36. The van der Waals surface area contributed by atoms with E-state index in [4.69, 9.17) is 17.3 Å². The van der Waals surface area contributed by atoms with Crippen molar-refractivity contribution in [3.63, 3.8) is 0 Å². The molecule has 0 unspecified atom stereocenters. The first-order valence-corrected chi connectivity index (χ1v) is 10.4. The van der Waals surface area contributed by atoms with Gasteiger partial charge in [0.15, 0.2) is 5.82 Å². The van der Waals surface area contributed by atoms with E-state index < -0.39 is 5.82 Å². The van der Waals surface area contributed by atoms with Gasteiger partial charge in [-0.25, -0.2) is 14.4 Å². The average Bonchev–Trinajstić information content (AvgIpc) is 3.33. The Hall–Kier alpha value is -3.45. The molecule has 0 bridgehead atoms. The molecule has 0 saturated carbocycles.